The van der Waals surface area contributed by atoms with Crippen LogP contribution in [0, 0.1) is 5.82 Å². The van der Waals surface area contributed by atoms with Gasteiger partial charge in [-0.25, -0.2) is 17.8 Å². The molecule has 0 saturated heterocycles. The largest absolute Gasteiger partial charge is 0.467 e. The highest BCUT2D eigenvalue weighted by Crippen LogP contribution is 2.32. The smallest absolute Gasteiger partial charge is 0.260 e. The Morgan fingerprint density at radius 3 is 2.30 bits per heavy atom. The number of para-hydroxylation sites is 1. The van der Waals surface area contributed by atoms with E-state index in [1.54, 1.807) is 24.3 Å². The molecule has 0 unspecified atom stereocenters. The number of benzene rings is 2. The Morgan fingerprint density at radius 2 is 1.70 bits per heavy atom. The number of nitrogens with zero attached hydrogens (tertiary/aromatic N) is 3. The molecule has 0 spiro atoms. The summed E-state index contributed by atoms with van der Waals surface area (Å²) in [5.74, 6) is -0.320. The molecule has 0 saturated carbocycles. The van der Waals surface area contributed by atoms with Gasteiger partial charge in [0, 0.05) is 18.7 Å². The minimum Gasteiger partial charge on any atom is -0.467 e. The van der Waals surface area contributed by atoms with Crippen molar-refractivity contribution in [2.24, 2.45) is 0 Å². The lowest BCUT2D eigenvalue weighted by molar-refractivity contribution is 0.0983. The van der Waals surface area contributed by atoms with Crippen LogP contribution >= 0.6 is 11.3 Å². The zero-order valence-corrected chi connectivity index (χ0v) is 22.5. The number of thiazole rings is 1. The van der Waals surface area contributed by atoms with Crippen molar-refractivity contribution in [3.8, 4) is 0 Å². The topological polar surface area (TPSA) is 83.7 Å². The standard InChI is InChI=1S/C27H30FN3O4S2/c1-3-5-16-30(17-6-4-2)37(33,34)22-14-12-20(13-15-22)26(32)31(19-21-9-8-18-35-21)27-29-25-23(28)10-7-11-24(25)36-27/h7-15,18H,3-6,16-17,19H2,1-2H3. The SMILES string of the molecule is CCCCN(CCCC)S(=O)(=O)c1ccc(C(=O)N(Cc2ccco2)c2nc3c(F)cccc3s2)cc1. The second kappa shape index (κ2) is 12.0. The number of rotatable bonds is 12. The first-order chi connectivity index (χ1) is 17.8. The van der Waals surface area contributed by atoms with Crippen LogP contribution in [0.25, 0.3) is 10.2 Å². The number of carbonyl (C=O) groups is 1. The second-order valence-electron chi connectivity index (χ2n) is 8.69. The molecule has 0 bridgehead atoms. The van der Waals surface area contributed by atoms with Crippen molar-refractivity contribution < 1.29 is 22.0 Å². The maximum atomic E-state index is 14.3. The van der Waals surface area contributed by atoms with Crippen LogP contribution in [-0.4, -0.2) is 36.7 Å². The van der Waals surface area contributed by atoms with Gasteiger partial charge in [-0.1, -0.05) is 44.1 Å². The summed E-state index contributed by atoms with van der Waals surface area (Å²) < 4.78 is 48.5. The molecule has 0 fully saturated rings. The minimum absolute atomic E-state index is 0.0924. The molecule has 0 aliphatic heterocycles. The summed E-state index contributed by atoms with van der Waals surface area (Å²) in [4.78, 5) is 19.6. The summed E-state index contributed by atoms with van der Waals surface area (Å²) in [5.41, 5.74) is 0.485. The quantitative estimate of drug-likeness (QED) is 0.205. The number of sulfonamides is 1. The fourth-order valence-electron chi connectivity index (χ4n) is 3.90. The van der Waals surface area contributed by atoms with E-state index < -0.39 is 21.7 Å². The molecule has 7 nitrogen and oxygen atoms in total. The lowest BCUT2D eigenvalue weighted by Gasteiger charge is -2.22. The van der Waals surface area contributed by atoms with Crippen molar-refractivity contribution in [2.75, 3.05) is 18.0 Å². The van der Waals surface area contributed by atoms with E-state index in [1.165, 1.54) is 57.1 Å². The molecular weight excluding hydrogens is 513 g/mol. The summed E-state index contributed by atoms with van der Waals surface area (Å²) in [6, 6.07) is 14.1. The Hall–Kier alpha value is -3.08. The zero-order chi connectivity index (χ0) is 26.4. The molecule has 0 aliphatic rings. The first-order valence-electron chi connectivity index (χ1n) is 12.3. The molecule has 10 heteroatoms. The normalized spacial score (nSPS) is 11.9. The fourth-order valence-corrected chi connectivity index (χ4v) is 6.39. The van der Waals surface area contributed by atoms with E-state index in [0.717, 1.165) is 25.7 Å². The van der Waals surface area contributed by atoms with Crippen LogP contribution in [-0.2, 0) is 16.6 Å². The van der Waals surface area contributed by atoms with E-state index >= 15 is 0 Å². The van der Waals surface area contributed by atoms with Gasteiger partial charge in [0.15, 0.2) is 5.13 Å². The van der Waals surface area contributed by atoms with Gasteiger partial charge in [-0.15, -0.1) is 0 Å². The van der Waals surface area contributed by atoms with E-state index in [4.69, 9.17) is 4.42 Å². The molecule has 1 amide bonds. The lowest BCUT2D eigenvalue weighted by atomic mass is 10.2. The molecule has 0 N–H and O–H groups in total. The van der Waals surface area contributed by atoms with Gasteiger partial charge < -0.3 is 4.42 Å². The minimum atomic E-state index is -3.68. The molecule has 196 valence electrons. The Morgan fingerprint density at radius 1 is 1.00 bits per heavy atom. The first-order valence-corrected chi connectivity index (χ1v) is 14.6. The van der Waals surface area contributed by atoms with E-state index in [0.29, 0.717) is 34.2 Å². The number of unbranched alkanes of at least 4 members (excludes halogenated alkanes) is 2. The molecule has 0 aliphatic carbocycles. The Kier molecular flexibility index (Phi) is 8.73. The van der Waals surface area contributed by atoms with E-state index in [2.05, 4.69) is 4.98 Å². The van der Waals surface area contributed by atoms with Crippen molar-refractivity contribution in [3.05, 3.63) is 78.0 Å². The van der Waals surface area contributed by atoms with Crippen LogP contribution < -0.4 is 4.90 Å². The number of halogens is 1. The Bertz CT molecular complexity index is 1430. The average Bonchev–Trinajstić information content (AvgIpc) is 3.57. The summed E-state index contributed by atoms with van der Waals surface area (Å²) in [6.07, 6.45) is 4.87. The predicted molar refractivity (Wildman–Crippen MR) is 144 cm³/mol. The summed E-state index contributed by atoms with van der Waals surface area (Å²) in [5, 5.41) is 0.323. The number of carbonyl (C=O) groups excluding carboxylic acids is 1. The van der Waals surface area contributed by atoms with Gasteiger partial charge in [-0.3, -0.25) is 9.69 Å². The lowest BCUT2D eigenvalue weighted by Crippen LogP contribution is -2.33. The van der Waals surface area contributed by atoms with E-state index in [9.17, 15) is 17.6 Å². The number of hydrogen-bond acceptors (Lipinski definition) is 6. The highest BCUT2D eigenvalue weighted by atomic mass is 32.2. The molecule has 4 aromatic rings. The molecule has 2 aromatic heterocycles. The maximum absolute atomic E-state index is 14.3. The van der Waals surface area contributed by atoms with Crippen LogP contribution in [0.4, 0.5) is 9.52 Å². The third-order valence-corrected chi connectivity index (χ3v) is 8.95. The molecular formula is C27H30FN3O4S2. The van der Waals surface area contributed by atoms with Crippen molar-refractivity contribution in [1.82, 2.24) is 9.29 Å². The summed E-state index contributed by atoms with van der Waals surface area (Å²) >= 11 is 1.20. The van der Waals surface area contributed by atoms with Crippen LogP contribution in [0.2, 0.25) is 0 Å². The number of furan rings is 1. The van der Waals surface area contributed by atoms with Crippen molar-refractivity contribution in [1.29, 1.82) is 0 Å². The first kappa shape index (κ1) is 27.0. The van der Waals surface area contributed by atoms with Crippen molar-refractivity contribution >= 4 is 42.6 Å². The third kappa shape index (κ3) is 6.08. The number of amides is 1. The molecule has 37 heavy (non-hydrogen) atoms. The number of fused-ring (bicyclic) bond motifs is 1. The van der Waals surface area contributed by atoms with Gasteiger partial charge in [0.1, 0.15) is 17.1 Å². The van der Waals surface area contributed by atoms with Crippen LogP contribution in [0.15, 0.2) is 70.2 Å². The fraction of sp³-hybridized carbons (Fsp3) is 0.333. The molecule has 0 radical (unpaired) electrons. The summed E-state index contributed by atoms with van der Waals surface area (Å²) in [6.45, 7) is 5.07. The molecule has 2 heterocycles. The Balaban J connectivity index is 1.64. The van der Waals surface area contributed by atoms with Gasteiger partial charge >= 0.3 is 0 Å². The number of aromatic nitrogens is 1. The van der Waals surface area contributed by atoms with Gasteiger partial charge in [-0.2, -0.15) is 4.31 Å². The van der Waals surface area contributed by atoms with Gasteiger partial charge in [0.05, 0.1) is 22.4 Å². The van der Waals surface area contributed by atoms with Gasteiger partial charge in [0.2, 0.25) is 10.0 Å². The monoisotopic (exact) mass is 543 g/mol. The number of hydrogen-bond donors (Lipinski definition) is 0. The summed E-state index contributed by atoms with van der Waals surface area (Å²) in [7, 11) is -3.68. The highest BCUT2D eigenvalue weighted by Gasteiger charge is 2.26. The zero-order valence-electron chi connectivity index (χ0n) is 20.9. The average molecular weight is 544 g/mol. The maximum Gasteiger partial charge on any atom is 0.260 e. The highest BCUT2D eigenvalue weighted by molar-refractivity contribution is 7.89. The van der Waals surface area contributed by atoms with Gasteiger partial charge in [-0.05, 0) is 61.4 Å². The van der Waals surface area contributed by atoms with Crippen LogP contribution in [0.5, 0.6) is 0 Å². The third-order valence-electron chi connectivity index (χ3n) is 5.99. The van der Waals surface area contributed by atoms with Gasteiger partial charge in [0.25, 0.3) is 5.91 Å². The van der Waals surface area contributed by atoms with Crippen LogP contribution in [0.1, 0.15) is 55.6 Å². The molecule has 4 rings (SSSR count). The van der Waals surface area contributed by atoms with E-state index in [1.807, 2.05) is 13.8 Å². The molecule has 2 aromatic carbocycles. The predicted octanol–water partition coefficient (Wildman–Crippen LogP) is 6.47. The number of anilines is 1. The van der Waals surface area contributed by atoms with Crippen LogP contribution in [0.3, 0.4) is 0 Å². The van der Waals surface area contributed by atoms with Crippen molar-refractivity contribution in [2.45, 2.75) is 51.0 Å². The molecule has 0 atom stereocenters. The second-order valence-corrected chi connectivity index (χ2v) is 11.6. The van der Waals surface area contributed by atoms with Crippen molar-refractivity contribution in [3.63, 3.8) is 0 Å². The Labute approximate surface area is 220 Å². The van der Waals surface area contributed by atoms with E-state index in [-0.39, 0.29) is 17.0 Å².